The van der Waals surface area contributed by atoms with Crippen LogP contribution in [0.1, 0.15) is 11.1 Å². The lowest BCUT2D eigenvalue weighted by molar-refractivity contribution is -0.145. The molecule has 0 radical (unpaired) electrons. The Hall–Kier alpha value is -4.52. The van der Waals surface area contributed by atoms with E-state index in [9.17, 15) is 9.59 Å². The lowest BCUT2D eigenvalue weighted by Crippen LogP contribution is -2.11. The second-order valence-electron chi connectivity index (χ2n) is 5.56. The molecule has 2 rings (SSSR count). The van der Waals surface area contributed by atoms with Crippen molar-refractivity contribution in [1.82, 2.24) is 0 Å². The molecule has 0 fully saturated rings. The Morgan fingerprint density at radius 2 is 1.10 bits per heavy atom. The molecule has 0 bridgehead atoms. The first-order valence-electron chi connectivity index (χ1n) is 8.61. The molecule has 0 unspecified atom stereocenters. The van der Waals surface area contributed by atoms with Crippen LogP contribution in [0.5, 0.6) is 0 Å². The van der Waals surface area contributed by atoms with Crippen molar-refractivity contribution in [3.8, 4) is 0 Å². The first-order valence-corrected chi connectivity index (χ1v) is 8.61. The van der Waals surface area contributed by atoms with E-state index in [0.29, 0.717) is 11.4 Å². The predicted octanol–water partition coefficient (Wildman–Crippen LogP) is 5.38. The van der Waals surface area contributed by atoms with Crippen LogP contribution in [-0.2, 0) is 19.1 Å². The molecule has 0 amide bonds. The average molecular weight is 404 g/mol. The molecule has 0 aliphatic carbocycles. The number of nitrogens with zero attached hydrogens (tertiary/aromatic N) is 6. The van der Waals surface area contributed by atoms with Gasteiger partial charge in [-0.05, 0) is 34.3 Å². The third-order valence-corrected chi connectivity index (χ3v) is 3.50. The summed E-state index contributed by atoms with van der Waals surface area (Å²) in [5.41, 5.74) is 19.1. The lowest BCUT2D eigenvalue weighted by Gasteiger charge is -2.03. The molecule has 150 valence electrons. The van der Waals surface area contributed by atoms with Gasteiger partial charge in [0.25, 0.3) is 0 Å². The molecule has 0 spiro atoms. The standard InChI is InChI=1S/C20H16N6O4/c21-25-23-17-7-1-15(2-8-17)5-11-19(27)29-13-14-30-20(28)12-6-16-3-9-18(10-4-16)24-26-22/h1-12H,13-14H2/b11-5+,12-6+. The minimum Gasteiger partial charge on any atom is -0.459 e. The molecule has 0 N–H and O–H groups in total. The molecule has 0 heterocycles. The fraction of sp³-hybridized carbons (Fsp3) is 0.100. The summed E-state index contributed by atoms with van der Waals surface area (Å²) < 4.78 is 9.88. The largest absolute Gasteiger partial charge is 0.459 e. The second-order valence-corrected chi connectivity index (χ2v) is 5.56. The van der Waals surface area contributed by atoms with Crippen LogP contribution in [0.25, 0.3) is 33.0 Å². The summed E-state index contributed by atoms with van der Waals surface area (Å²) in [6, 6.07) is 13.2. The number of ether oxygens (including phenoxy) is 2. The van der Waals surface area contributed by atoms with Crippen LogP contribution in [-0.4, -0.2) is 25.2 Å². The van der Waals surface area contributed by atoms with Gasteiger partial charge >= 0.3 is 11.9 Å². The molecule has 2 aromatic rings. The van der Waals surface area contributed by atoms with E-state index < -0.39 is 11.9 Å². The molecule has 0 aliphatic rings. The van der Waals surface area contributed by atoms with E-state index in [1.807, 2.05) is 0 Å². The van der Waals surface area contributed by atoms with Gasteiger partial charge in [0.15, 0.2) is 0 Å². The first kappa shape index (κ1) is 21.8. The second kappa shape index (κ2) is 12.0. The molecule has 30 heavy (non-hydrogen) atoms. The van der Waals surface area contributed by atoms with Crippen molar-refractivity contribution in [2.75, 3.05) is 13.2 Å². The minimum atomic E-state index is -0.583. The number of hydrogen-bond donors (Lipinski definition) is 0. The van der Waals surface area contributed by atoms with E-state index in [4.69, 9.17) is 20.5 Å². The number of hydrogen-bond acceptors (Lipinski definition) is 6. The minimum absolute atomic E-state index is 0.0839. The van der Waals surface area contributed by atoms with Gasteiger partial charge in [0.2, 0.25) is 0 Å². The van der Waals surface area contributed by atoms with Gasteiger partial charge in [0, 0.05) is 33.4 Å². The van der Waals surface area contributed by atoms with Gasteiger partial charge in [-0.15, -0.1) is 0 Å². The van der Waals surface area contributed by atoms with E-state index in [1.54, 1.807) is 60.7 Å². The maximum atomic E-state index is 11.7. The zero-order valence-electron chi connectivity index (χ0n) is 15.7. The molecule has 10 heteroatoms. The molecule has 0 saturated carbocycles. The van der Waals surface area contributed by atoms with Gasteiger partial charge in [0.1, 0.15) is 13.2 Å². The molecular formula is C20H16N6O4. The Morgan fingerprint density at radius 3 is 1.43 bits per heavy atom. The quantitative estimate of drug-likeness (QED) is 0.137. The third kappa shape index (κ3) is 8.01. The summed E-state index contributed by atoms with van der Waals surface area (Å²) in [7, 11) is 0. The van der Waals surface area contributed by atoms with Crippen LogP contribution in [0.4, 0.5) is 11.4 Å². The normalized spacial score (nSPS) is 10.3. The monoisotopic (exact) mass is 404 g/mol. The number of azide groups is 2. The molecular weight excluding hydrogens is 388 g/mol. The number of carbonyl (C=O) groups is 2. The summed E-state index contributed by atoms with van der Waals surface area (Å²) in [6.07, 6.45) is 5.57. The topological polar surface area (TPSA) is 150 Å². The molecule has 0 saturated heterocycles. The fourth-order valence-corrected chi connectivity index (χ4v) is 2.12. The SMILES string of the molecule is [N-]=[N+]=Nc1ccc(/C=C/C(=O)OCCOC(=O)/C=C/c2ccc(N=[N+]=[N-])cc2)cc1. The highest BCUT2D eigenvalue weighted by atomic mass is 16.6. The van der Waals surface area contributed by atoms with Gasteiger partial charge in [-0.3, -0.25) is 0 Å². The van der Waals surface area contributed by atoms with Crippen molar-refractivity contribution in [1.29, 1.82) is 0 Å². The van der Waals surface area contributed by atoms with Crippen LogP contribution < -0.4 is 0 Å². The Bertz CT molecular complexity index is 946. The van der Waals surface area contributed by atoms with Gasteiger partial charge in [0.05, 0.1) is 0 Å². The van der Waals surface area contributed by atoms with Gasteiger partial charge in [-0.25, -0.2) is 9.59 Å². The highest BCUT2D eigenvalue weighted by molar-refractivity contribution is 5.88. The van der Waals surface area contributed by atoms with Crippen LogP contribution in [0, 0.1) is 0 Å². The Kier molecular flexibility index (Phi) is 8.74. The molecule has 2 aromatic carbocycles. The van der Waals surface area contributed by atoms with Gasteiger partial charge in [-0.1, -0.05) is 58.8 Å². The van der Waals surface area contributed by atoms with E-state index in [-0.39, 0.29) is 13.2 Å². The Labute approximate surface area is 171 Å². The van der Waals surface area contributed by atoms with Crippen molar-refractivity contribution in [3.05, 3.63) is 92.7 Å². The van der Waals surface area contributed by atoms with E-state index in [2.05, 4.69) is 20.1 Å². The average Bonchev–Trinajstić information content (AvgIpc) is 2.76. The van der Waals surface area contributed by atoms with E-state index in [1.165, 1.54) is 12.2 Å². The maximum absolute atomic E-state index is 11.7. The van der Waals surface area contributed by atoms with Crippen molar-refractivity contribution in [2.24, 2.45) is 10.2 Å². The zero-order valence-corrected chi connectivity index (χ0v) is 15.7. The summed E-state index contributed by atoms with van der Waals surface area (Å²) in [6.45, 7) is -0.168. The summed E-state index contributed by atoms with van der Waals surface area (Å²) >= 11 is 0. The van der Waals surface area contributed by atoms with E-state index >= 15 is 0 Å². The fourth-order valence-electron chi connectivity index (χ4n) is 2.12. The smallest absolute Gasteiger partial charge is 0.330 e. The van der Waals surface area contributed by atoms with Gasteiger partial charge in [-0.2, -0.15) is 0 Å². The Balaban J connectivity index is 1.69. The summed E-state index contributed by atoms with van der Waals surface area (Å²) in [5, 5.41) is 6.90. The first-order chi connectivity index (χ1) is 14.6. The lowest BCUT2D eigenvalue weighted by atomic mass is 10.2. The molecule has 10 nitrogen and oxygen atoms in total. The Morgan fingerprint density at radius 1 is 0.733 bits per heavy atom. The third-order valence-electron chi connectivity index (χ3n) is 3.50. The molecule has 0 aliphatic heterocycles. The summed E-state index contributed by atoms with van der Waals surface area (Å²) in [5.74, 6) is -1.17. The number of esters is 2. The van der Waals surface area contributed by atoms with E-state index in [0.717, 1.165) is 11.1 Å². The van der Waals surface area contributed by atoms with Gasteiger partial charge < -0.3 is 9.47 Å². The van der Waals surface area contributed by atoms with Crippen molar-refractivity contribution in [2.45, 2.75) is 0 Å². The summed E-state index contributed by atoms with van der Waals surface area (Å²) in [4.78, 5) is 28.7. The van der Waals surface area contributed by atoms with Crippen LogP contribution in [0.2, 0.25) is 0 Å². The number of benzene rings is 2. The highest BCUT2D eigenvalue weighted by Gasteiger charge is 2.01. The van der Waals surface area contributed by atoms with Crippen LogP contribution in [0.3, 0.4) is 0 Å². The zero-order chi connectivity index (χ0) is 21.6. The predicted molar refractivity (Wildman–Crippen MR) is 110 cm³/mol. The highest BCUT2D eigenvalue weighted by Crippen LogP contribution is 2.15. The molecule has 0 atom stereocenters. The maximum Gasteiger partial charge on any atom is 0.330 e. The number of carbonyl (C=O) groups excluding carboxylic acids is 2. The van der Waals surface area contributed by atoms with Crippen LogP contribution >= 0.6 is 0 Å². The molecule has 0 aromatic heterocycles. The number of rotatable bonds is 9. The van der Waals surface area contributed by atoms with Crippen molar-refractivity contribution >= 4 is 35.5 Å². The van der Waals surface area contributed by atoms with Crippen LogP contribution in [0.15, 0.2) is 70.9 Å². The van der Waals surface area contributed by atoms with Crippen molar-refractivity contribution < 1.29 is 19.1 Å². The van der Waals surface area contributed by atoms with Crippen molar-refractivity contribution in [3.63, 3.8) is 0 Å².